The maximum Gasteiger partial charge on any atom is 0.232 e. The summed E-state index contributed by atoms with van der Waals surface area (Å²) >= 11 is 0. The molecule has 0 amide bonds. The van der Waals surface area contributed by atoms with Crippen LogP contribution < -0.4 is 4.74 Å². The topological polar surface area (TPSA) is 35.3 Å². The van der Waals surface area contributed by atoms with Crippen LogP contribution in [0.25, 0.3) is 0 Å². The van der Waals surface area contributed by atoms with Gasteiger partial charge >= 0.3 is 0 Å². The molecule has 0 spiro atoms. The average molecular weight is 231 g/mol. The van der Waals surface area contributed by atoms with Gasteiger partial charge in [0, 0.05) is 0 Å². The zero-order valence-corrected chi connectivity index (χ0v) is 10.7. The van der Waals surface area contributed by atoms with Gasteiger partial charge in [-0.25, -0.2) is 4.98 Å². The molecule has 0 aliphatic carbocycles. The molecule has 0 N–H and O–H groups in total. The van der Waals surface area contributed by atoms with E-state index in [1.54, 1.807) is 0 Å². The van der Waals surface area contributed by atoms with Gasteiger partial charge in [0.25, 0.3) is 0 Å². The Morgan fingerprint density at radius 2 is 1.94 bits per heavy atom. The van der Waals surface area contributed by atoms with E-state index in [0.717, 1.165) is 22.8 Å². The fourth-order valence-electron chi connectivity index (χ4n) is 1.60. The largest absolute Gasteiger partial charge is 0.484 e. The van der Waals surface area contributed by atoms with E-state index in [0.29, 0.717) is 12.5 Å². The van der Waals surface area contributed by atoms with E-state index in [9.17, 15) is 0 Å². The van der Waals surface area contributed by atoms with Gasteiger partial charge < -0.3 is 9.15 Å². The molecule has 0 saturated carbocycles. The highest BCUT2D eigenvalue weighted by molar-refractivity contribution is 5.35. The van der Waals surface area contributed by atoms with Gasteiger partial charge in [-0.15, -0.1) is 0 Å². The SMILES string of the molecule is Cc1ccc(C)c(OCc2nc(C)c(C)o2)c1. The van der Waals surface area contributed by atoms with Crippen molar-refractivity contribution in [1.82, 2.24) is 4.98 Å². The minimum atomic E-state index is 0.374. The third-order valence-corrected chi connectivity index (χ3v) is 2.77. The molecule has 3 nitrogen and oxygen atoms in total. The van der Waals surface area contributed by atoms with E-state index < -0.39 is 0 Å². The lowest BCUT2D eigenvalue weighted by Gasteiger charge is -2.07. The molecule has 0 fully saturated rings. The van der Waals surface area contributed by atoms with Crippen molar-refractivity contribution in [3.63, 3.8) is 0 Å². The Morgan fingerprint density at radius 1 is 1.18 bits per heavy atom. The molecular formula is C14H17NO2. The zero-order valence-electron chi connectivity index (χ0n) is 10.7. The molecule has 1 aromatic carbocycles. The molecule has 0 unspecified atom stereocenters. The Bertz CT molecular complexity index is 510. The maximum absolute atomic E-state index is 5.72. The molecule has 3 heteroatoms. The van der Waals surface area contributed by atoms with Crippen molar-refractivity contribution in [1.29, 1.82) is 0 Å². The summed E-state index contributed by atoms with van der Waals surface area (Å²) in [5.74, 6) is 2.36. The van der Waals surface area contributed by atoms with Crippen molar-refractivity contribution in [2.75, 3.05) is 0 Å². The predicted molar refractivity (Wildman–Crippen MR) is 66.2 cm³/mol. The van der Waals surface area contributed by atoms with Crippen LogP contribution in [0.4, 0.5) is 0 Å². The lowest BCUT2D eigenvalue weighted by Crippen LogP contribution is -1.97. The number of oxazole rings is 1. The van der Waals surface area contributed by atoms with Gasteiger partial charge in [0.05, 0.1) is 5.69 Å². The summed E-state index contributed by atoms with van der Waals surface area (Å²) in [5, 5.41) is 0. The Hall–Kier alpha value is -1.77. The monoisotopic (exact) mass is 231 g/mol. The number of nitrogens with zero attached hydrogens (tertiary/aromatic N) is 1. The van der Waals surface area contributed by atoms with Crippen LogP contribution in [0.3, 0.4) is 0 Å². The molecule has 0 atom stereocenters. The van der Waals surface area contributed by atoms with Crippen LogP contribution in [0.1, 0.15) is 28.5 Å². The van der Waals surface area contributed by atoms with Crippen LogP contribution in [0, 0.1) is 27.7 Å². The summed E-state index contributed by atoms with van der Waals surface area (Å²) in [6, 6.07) is 6.15. The molecule has 2 rings (SSSR count). The number of ether oxygens (including phenoxy) is 1. The number of aromatic nitrogens is 1. The van der Waals surface area contributed by atoms with Crippen LogP contribution in [-0.4, -0.2) is 4.98 Å². The highest BCUT2D eigenvalue weighted by Gasteiger charge is 2.07. The minimum Gasteiger partial charge on any atom is -0.484 e. The fraction of sp³-hybridized carbons (Fsp3) is 0.357. The molecule has 1 aromatic heterocycles. The molecule has 2 aromatic rings. The smallest absolute Gasteiger partial charge is 0.232 e. The van der Waals surface area contributed by atoms with E-state index in [-0.39, 0.29) is 0 Å². The highest BCUT2D eigenvalue weighted by atomic mass is 16.5. The Kier molecular flexibility index (Phi) is 3.18. The normalized spacial score (nSPS) is 10.6. The summed E-state index contributed by atoms with van der Waals surface area (Å²) < 4.78 is 11.2. The molecule has 1 heterocycles. The van der Waals surface area contributed by atoms with Gasteiger partial charge in [-0.2, -0.15) is 0 Å². The van der Waals surface area contributed by atoms with E-state index in [1.807, 2.05) is 33.8 Å². The van der Waals surface area contributed by atoms with Crippen LogP contribution in [-0.2, 0) is 6.61 Å². The Balaban J connectivity index is 2.09. The number of hydrogen-bond donors (Lipinski definition) is 0. The summed E-state index contributed by atoms with van der Waals surface area (Å²) in [6.07, 6.45) is 0. The van der Waals surface area contributed by atoms with Crippen LogP contribution in [0.2, 0.25) is 0 Å². The van der Waals surface area contributed by atoms with Crippen molar-refractivity contribution in [3.05, 3.63) is 46.7 Å². The lowest BCUT2D eigenvalue weighted by molar-refractivity contribution is 0.259. The van der Waals surface area contributed by atoms with E-state index in [4.69, 9.17) is 9.15 Å². The number of aryl methyl sites for hydroxylation is 4. The summed E-state index contributed by atoms with van der Waals surface area (Å²) in [4.78, 5) is 4.29. The number of rotatable bonds is 3. The van der Waals surface area contributed by atoms with Gasteiger partial charge in [0.2, 0.25) is 5.89 Å². The van der Waals surface area contributed by atoms with Crippen molar-refractivity contribution >= 4 is 0 Å². The zero-order chi connectivity index (χ0) is 12.4. The minimum absolute atomic E-state index is 0.374. The Labute approximate surface area is 101 Å². The van der Waals surface area contributed by atoms with Crippen LogP contribution in [0.5, 0.6) is 5.75 Å². The van der Waals surface area contributed by atoms with Gasteiger partial charge in [-0.1, -0.05) is 12.1 Å². The first kappa shape index (κ1) is 11.7. The van der Waals surface area contributed by atoms with Gasteiger partial charge in [0.15, 0.2) is 6.61 Å². The fourth-order valence-corrected chi connectivity index (χ4v) is 1.60. The van der Waals surface area contributed by atoms with E-state index in [1.165, 1.54) is 5.56 Å². The molecule has 0 saturated heterocycles. The average Bonchev–Trinajstić information content (AvgIpc) is 2.60. The Morgan fingerprint density at radius 3 is 2.59 bits per heavy atom. The second-order valence-electron chi connectivity index (χ2n) is 4.31. The van der Waals surface area contributed by atoms with Crippen molar-refractivity contribution in [3.8, 4) is 5.75 Å². The first-order chi connectivity index (χ1) is 8.06. The predicted octanol–water partition coefficient (Wildman–Crippen LogP) is 3.49. The van der Waals surface area contributed by atoms with Crippen molar-refractivity contribution in [2.45, 2.75) is 34.3 Å². The van der Waals surface area contributed by atoms with Crippen LogP contribution in [0.15, 0.2) is 22.6 Å². The second kappa shape index (κ2) is 4.62. The third-order valence-electron chi connectivity index (χ3n) is 2.77. The molecule has 0 aliphatic heterocycles. The van der Waals surface area contributed by atoms with Gasteiger partial charge in [0.1, 0.15) is 11.5 Å². The van der Waals surface area contributed by atoms with E-state index in [2.05, 4.69) is 17.1 Å². The highest BCUT2D eigenvalue weighted by Crippen LogP contribution is 2.20. The summed E-state index contributed by atoms with van der Waals surface area (Å²) in [5.41, 5.74) is 3.23. The first-order valence-electron chi connectivity index (χ1n) is 5.69. The second-order valence-corrected chi connectivity index (χ2v) is 4.31. The maximum atomic E-state index is 5.72. The molecular weight excluding hydrogens is 214 g/mol. The molecule has 17 heavy (non-hydrogen) atoms. The van der Waals surface area contributed by atoms with Crippen LogP contribution >= 0.6 is 0 Å². The van der Waals surface area contributed by atoms with Crippen molar-refractivity contribution in [2.24, 2.45) is 0 Å². The number of benzene rings is 1. The standard InChI is InChI=1S/C14H17NO2/c1-9-5-6-10(2)13(7-9)16-8-14-15-11(3)12(4)17-14/h5-7H,8H2,1-4H3. The van der Waals surface area contributed by atoms with Crippen molar-refractivity contribution < 1.29 is 9.15 Å². The van der Waals surface area contributed by atoms with E-state index >= 15 is 0 Å². The molecule has 0 radical (unpaired) electrons. The lowest BCUT2D eigenvalue weighted by atomic mass is 10.1. The first-order valence-corrected chi connectivity index (χ1v) is 5.69. The summed E-state index contributed by atoms with van der Waals surface area (Å²) in [7, 11) is 0. The molecule has 0 aliphatic rings. The summed E-state index contributed by atoms with van der Waals surface area (Å²) in [6.45, 7) is 8.29. The number of hydrogen-bond acceptors (Lipinski definition) is 3. The van der Waals surface area contributed by atoms with Gasteiger partial charge in [-0.3, -0.25) is 0 Å². The molecule has 90 valence electrons. The third kappa shape index (κ3) is 2.67. The quantitative estimate of drug-likeness (QED) is 0.811. The molecule has 0 bridgehead atoms. The van der Waals surface area contributed by atoms with Gasteiger partial charge in [-0.05, 0) is 44.9 Å².